The molecule has 1 amide bonds. The van der Waals surface area contributed by atoms with E-state index in [1.807, 2.05) is 6.92 Å². The Hall–Kier alpha value is -1.26. The van der Waals surface area contributed by atoms with Crippen LogP contribution in [0.4, 0.5) is 4.79 Å². The first-order chi connectivity index (χ1) is 7.73. The topological polar surface area (TPSA) is 66.8 Å². The number of hydrogen-bond acceptors (Lipinski definition) is 3. The van der Waals surface area contributed by atoms with E-state index in [2.05, 4.69) is 0 Å². The second kappa shape index (κ2) is 4.55. The van der Waals surface area contributed by atoms with E-state index in [1.54, 1.807) is 20.8 Å². The molecule has 0 unspecified atom stereocenters. The molecule has 1 N–H and O–H groups in total. The Morgan fingerprint density at radius 2 is 1.88 bits per heavy atom. The molecule has 0 heterocycles. The van der Waals surface area contributed by atoms with Crippen molar-refractivity contribution in [1.29, 1.82) is 0 Å². The Morgan fingerprint density at radius 1 is 1.35 bits per heavy atom. The summed E-state index contributed by atoms with van der Waals surface area (Å²) >= 11 is 0. The van der Waals surface area contributed by atoms with Crippen LogP contribution in [0.3, 0.4) is 0 Å². The Bertz CT molecular complexity index is 315. The average Bonchev–Trinajstić information content (AvgIpc) is 2.91. The second-order valence-electron chi connectivity index (χ2n) is 5.47. The van der Waals surface area contributed by atoms with E-state index in [1.165, 1.54) is 4.90 Å². The van der Waals surface area contributed by atoms with Crippen molar-refractivity contribution in [3.8, 4) is 0 Å². The molecule has 1 aliphatic carbocycles. The monoisotopic (exact) mass is 243 g/mol. The van der Waals surface area contributed by atoms with E-state index >= 15 is 0 Å². The number of carboxylic acids is 1. The largest absolute Gasteiger partial charge is 0.479 e. The fourth-order valence-corrected chi connectivity index (χ4v) is 1.74. The van der Waals surface area contributed by atoms with Crippen LogP contribution in [-0.4, -0.2) is 39.8 Å². The molecular weight excluding hydrogens is 222 g/mol. The first kappa shape index (κ1) is 13.8. The van der Waals surface area contributed by atoms with E-state index in [4.69, 9.17) is 4.74 Å². The maximum atomic E-state index is 12.0. The molecule has 0 aromatic carbocycles. The van der Waals surface area contributed by atoms with Crippen molar-refractivity contribution in [1.82, 2.24) is 4.90 Å². The highest BCUT2D eigenvalue weighted by Gasteiger charge is 2.57. The summed E-state index contributed by atoms with van der Waals surface area (Å²) in [5, 5.41) is 9.20. The molecule has 1 saturated carbocycles. The lowest BCUT2D eigenvalue weighted by Gasteiger charge is -2.31. The van der Waals surface area contributed by atoms with Crippen molar-refractivity contribution in [2.75, 3.05) is 6.54 Å². The summed E-state index contributed by atoms with van der Waals surface area (Å²) in [7, 11) is 0. The van der Waals surface area contributed by atoms with Gasteiger partial charge in [-0.15, -0.1) is 0 Å². The third kappa shape index (κ3) is 3.11. The van der Waals surface area contributed by atoms with Crippen LogP contribution >= 0.6 is 0 Å². The second-order valence-corrected chi connectivity index (χ2v) is 5.47. The zero-order chi connectivity index (χ0) is 13.3. The van der Waals surface area contributed by atoms with Gasteiger partial charge in [-0.25, -0.2) is 9.59 Å². The quantitative estimate of drug-likeness (QED) is 0.822. The van der Waals surface area contributed by atoms with Crippen molar-refractivity contribution in [3.63, 3.8) is 0 Å². The van der Waals surface area contributed by atoms with Gasteiger partial charge in [-0.1, -0.05) is 6.92 Å². The lowest BCUT2D eigenvalue weighted by Crippen LogP contribution is -2.49. The summed E-state index contributed by atoms with van der Waals surface area (Å²) < 4.78 is 5.25. The van der Waals surface area contributed by atoms with Crippen molar-refractivity contribution >= 4 is 12.1 Å². The van der Waals surface area contributed by atoms with Gasteiger partial charge in [-0.2, -0.15) is 0 Å². The molecule has 0 aromatic heterocycles. The van der Waals surface area contributed by atoms with Gasteiger partial charge in [0.05, 0.1) is 0 Å². The smallest absolute Gasteiger partial charge is 0.411 e. The first-order valence-corrected chi connectivity index (χ1v) is 5.97. The minimum atomic E-state index is -1.02. The lowest BCUT2D eigenvalue weighted by atomic mass is 10.2. The molecule has 0 radical (unpaired) electrons. The zero-order valence-electron chi connectivity index (χ0n) is 10.9. The van der Waals surface area contributed by atoms with Crippen LogP contribution < -0.4 is 0 Å². The van der Waals surface area contributed by atoms with Gasteiger partial charge < -0.3 is 9.84 Å². The molecular formula is C12H21NO4. The Morgan fingerprint density at radius 3 is 2.18 bits per heavy atom. The van der Waals surface area contributed by atoms with Gasteiger partial charge in [-0.3, -0.25) is 4.90 Å². The summed E-state index contributed by atoms with van der Waals surface area (Å²) in [5.41, 5.74) is -1.62. The molecule has 5 heteroatoms. The summed E-state index contributed by atoms with van der Waals surface area (Å²) in [6.07, 6.45) is 1.22. The van der Waals surface area contributed by atoms with E-state index in [0.29, 0.717) is 25.8 Å². The van der Waals surface area contributed by atoms with Crippen LogP contribution in [0, 0.1) is 0 Å². The molecule has 5 nitrogen and oxygen atoms in total. The SMILES string of the molecule is CCCN(C(=O)OC(C)(C)C)C1(C(=O)O)CC1. The van der Waals surface area contributed by atoms with Crippen LogP contribution in [0.25, 0.3) is 0 Å². The molecule has 0 spiro atoms. The Labute approximate surface area is 102 Å². The standard InChI is InChI=1S/C12H21NO4/c1-5-8-13(10(16)17-11(2,3)4)12(6-7-12)9(14)15/h5-8H2,1-4H3,(H,14,15). The van der Waals surface area contributed by atoms with E-state index in [-0.39, 0.29) is 0 Å². The van der Waals surface area contributed by atoms with Crippen molar-refractivity contribution in [3.05, 3.63) is 0 Å². The van der Waals surface area contributed by atoms with Crippen molar-refractivity contribution in [2.24, 2.45) is 0 Å². The normalized spacial score (nSPS) is 17.4. The number of carboxylic acid groups (broad SMARTS) is 1. The maximum Gasteiger partial charge on any atom is 0.411 e. The molecule has 0 saturated heterocycles. The Kier molecular flexibility index (Phi) is 3.69. The fraction of sp³-hybridized carbons (Fsp3) is 0.833. The third-order valence-electron chi connectivity index (χ3n) is 2.70. The van der Waals surface area contributed by atoms with E-state index < -0.39 is 23.2 Å². The number of nitrogens with zero attached hydrogens (tertiary/aromatic N) is 1. The Balaban J connectivity index is 2.80. The van der Waals surface area contributed by atoms with Gasteiger partial charge in [0, 0.05) is 6.54 Å². The summed E-state index contributed by atoms with van der Waals surface area (Å²) in [6.45, 7) is 7.65. The minimum absolute atomic E-state index is 0.418. The number of carbonyl (C=O) groups is 2. The summed E-state index contributed by atoms with van der Waals surface area (Å²) in [4.78, 5) is 24.6. The lowest BCUT2D eigenvalue weighted by molar-refractivity contribution is -0.145. The molecule has 0 aliphatic heterocycles. The highest BCUT2D eigenvalue weighted by molar-refractivity contribution is 5.87. The zero-order valence-corrected chi connectivity index (χ0v) is 10.9. The van der Waals surface area contributed by atoms with Crippen molar-refractivity contribution < 1.29 is 19.4 Å². The van der Waals surface area contributed by atoms with Gasteiger partial charge >= 0.3 is 12.1 Å². The molecule has 1 fully saturated rings. The van der Waals surface area contributed by atoms with Gasteiger partial charge in [0.1, 0.15) is 11.1 Å². The van der Waals surface area contributed by atoms with Gasteiger partial charge in [0.25, 0.3) is 0 Å². The van der Waals surface area contributed by atoms with Gasteiger partial charge in [-0.05, 0) is 40.0 Å². The highest BCUT2D eigenvalue weighted by atomic mass is 16.6. The molecule has 0 bridgehead atoms. The molecule has 98 valence electrons. The molecule has 0 atom stereocenters. The molecule has 0 aromatic rings. The number of aliphatic carboxylic acids is 1. The predicted molar refractivity (Wildman–Crippen MR) is 62.8 cm³/mol. The summed E-state index contributed by atoms with van der Waals surface area (Å²) in [5.74, 6) is -0.934. The number of carbonyl (C=O) groups excluding carboxylic acids is 1. The average molecular weight is 243 g/mol. The maximum absolute atomic E-state index is 12.0. The molecule has 1 aliphatic rings. The first-order valence-electron chi connectivity index (χ1n) is 5.97. The number of ether oxygens (including phenoxy) is 1. The van der Waals surface area contributed by atoms with Crippen LogP contribution in [0.5, 0.6) is 0 Å². The predicted octanol–water partition coefficient (Wildman–Crippen LogP) is 2.25. The van der Waals surface area contributed by atoms with Gasteiger partial charge in [0.15, 0.2) is 0 Å². The van der Waals surface area contributed by atoms with Crippen LogP contribution in [0.15, 0.2) is 0 Å². The van der Waals surface area contributed by atoms with Crippen LogP contribution in [-0.2, 0) is 9.53 Å². The van der Waals surface area contributed by atoms with Crippen molar-refractivity contribution in [2.45, 2.75) is 58.1 Å². The summed E-state index contributed by atoms with van der Waals surface area (Å²) in [6, 6.07) is 0. The third-order valence-corrected chi connectivity index (χ3v) is 2.70. The number of hydrogen-bond donors (Lipinski definition) is 1. The fourth-order valence-electron chi connectivity index (χ4n) is 1.74. The number of amides is 1. The minimum Gasteiger partial charge on any atom is -0.479 e. The molecule has 1 rings (SSSR count). The van der Waals surface area contributed by atoms with E-state index in [9.17, 15) is 14.7 Å². The van der Waals surface area contributed by atoms with Crippen LogP contribution in [0.2, 0.25) is 0 Å². The number of rotatable bonds is 4. The van der Waals surface area contributed by atoms with E-state index in [0.717, 1.165) is 0 Å². The van der Waals surface area contributed by atoms with Crippen LogP contribution in [0.1, 0.15) is 47.0 Å². The van der Waals surface area contributed by atoms with Gasteiger partial charge in [0.2, 0.25) is 0 Å². The molecule has 17 heavy (non-hydrogen) atoms. The highest BCUT2D eigenvalue weighted by Crippen LogP contribution is 2.42.